The molecule has 0 aromatic rings. The zero-order valence-corrected chi connectivity index (χ0v) is 23.3. The van der Waals surface area contributed by atoms with E-state index in [9.17, 15) is 19.7 Å². The number of hydrogen-bond acceptors (Lipinski definition) is 5. The molecule has 0 bridgehead atoms. The fraction of sp³-hybridized carbons (Fsp3) is 1.00. The molecule has 3 N–H and O–H groups in total. The molecule has 0 rings (SSSR count). The zero-order chi connectivity index (χ0) is 25.0. The highest BCUT2D eigenvalue weighted by atomic mass is 35.5. The van der Waals surface area contributed by atoms with E-state index in [1.165, 1.54) is 19.3 Å². The smallest absolute Gasteiger partial charge is 0.396 e. The number of phosphoric acid groups is 1. The monoisotopic (exact) mass is 534 g/mol. The quantitative estimate of drug-likeness (QED) is 0.0680. The van der Waals surface area contributed by atoms with Gasteiger partial charge in [-0.25, -0.2) is 4.57 Å². The van der Waals surface area contributed by atoms with Gasteiger partial charge in [0, 0.05) is 31.4 Å². The van der Waals surface area contributed by atoms with Gasteiger partial charge in [-0.15, -0.1) is 23.2 Å². The van der Waals surface area contributed by atoms with Crippen molar-refractivity contribution in [3.63, 3.8) is 0 Å². The second kappa shape index (κ2) is 20.8. The van der Waals surface area contributed by atoms with E-state index in [1.54, 1.807) is 0 Å². The Kier molecular flexibility index (Phi) is 21.2. The fourth-order valence-electron chi connectivity index (χ4n) is 4.00. The number of rotatable bonds is 24. The van der Waals surface area contributed by atoms with Gasteiger partial charge < -0.3 is 15.1 Å². The lowest BCUT2D eigenvalue weighted by molar-refractivity contribution is -0.0205. The average Bonchev–Trinajstić information content (AvgIpc) is 2.76. The summed E-state index contributed by atoms with van der Waals surface area (Å²) in [6.45, 7) is 3.96. The van der Waals surface area contributed by atoms with Gasteiger partial charge in [-0.05, 0) is 25.7 Å². The molecule has 9 heteroatoms. The van der Waals surface area contributed by atoms with Gasteiger partial charge in [0.25, 0.3) is 0 Å². The second-order valence-electron chi connectivity index (χ2n) is 9.06. The molecule has 0 aromatic heterocycles. The molecule has 0 spiro atoms. The summed E-state index contributed by atoms with van der Waals surface area (Å²) in [5, 5.41) is 18.7. The van der Waals surface area contributed by atoms with Crippen LogP contribution in [0.3, 0.4) is 0 Å². The summed E-state index contributed by atoms with van der Waals surface area (Å²) in [5.74, 6) is 0. The first kappa shape index (κ1) is 33.6. The summed E-state index contributed by atoms with van der Waals surface area (Å²) in [5.41, 5.74) is -1.08. The van der Waals surface area contributed by atoms with Crippen LogP contribution in [-0.2, 0) is 13.6 Å². The molecule has 0 aliphatic rings. The maximum atomic E-state index is 12.6. The Labute approximate surface area is 212 Å². The van der Waals surface area contributed by atoms with Crippen LogP contribution in [0, 0.1) is 0 Å². The van der Waals surface area contributed by atoms with Crippen LogP contribution < -0.4 is 0 Å². The van der Waals surface area contributed by atoms with E-state index < -0.39 is 13.4 Å². The minimum atomic E-state index is -4.35. The minimum Gasteiger partial charge on any atom is -0.396 e. The lowest BCUT2D eigenvalue weighted by atomic mass is 9.89. The van der Waals surface area contributed by atoms with E-state index in [0.29, 0.717) is 19.3 Å². The number of hydrogen-bond donors (Lipinski definition) is 3. The number of aliphatic hydroxyl groups excluding tert-OH is 2. The first-order valence-corrected chi connectivity index (χ1v) is 15.3. The molecule has 33 heavy (non-hydrogen) atoms. The van der Waals surface area contributed by atoms with Gasteiger partial charge in [-0.1, -0.05) is 78.1 Å². The number of unbranched alkanes of at least 4 members (excludes halogenated alkanes) is 8. The molecule has 0 amide bonds. The van der Waals surface area contributed by atoms with Crippen LogP contribution in [0.15, 0.2) is 0 Å². The van der Waals surface area contributed by atoms with Gasteiger partial charge >= 0.3 is 7.82 Å². The molecular weight excluding hydrogens is 486 g/mol. The van der Waals surface area contributed by atoms with Crippen LogP contribution in [0.5, 0.6) is 0 Å². The molecule has 0 radical (unpaired) electrons. The highest BCUT2D eigenvalue weighted by Gasteiger charge is 2.38. The van der Waals surface area contributed by atoms with Crippen molar-refractivity contribution in [2.75, 3.05) is 19.8 Å². The number of aliphatic hydroxyl groups is 2. The maximum absolute atomic E-state index is 12.6. The van der Waals surface area contributed by atoms with Gasteiger partial charge in [-0.3, -0.25) is 9.05 Å². The molecule has 6 nitrogen and oxygen atoms in total. The minimum absolute atomic E-state index is 0.0297. The summed E-state index contributed by atoms with van der Waals surface area (Å²) in [7, 11) is -4.35. The predicted octanol–water partition coefficient (Wildman–Crippen LogP) is 7.34. The van der Waals surface area contributed by atoms with Crippen LogP contribution in [-0.4, -0.2) is 51.3 Å². The van der Waals surface area contributed by atoms with Crippen molar-refractivity contribution < 1.29 is 28.7 Å². The molecule has 0 aliphatic carbocycles. The third kappa shape index (κ3) is 17.6. The number of alkyl halides is 2. The van der Waals surface area contributed by atoms with Crippen molar-refractivity contribution in [2.45, 2.75) is 133 Å². The van der Waals surface area contributed by atoms with Crippen LogP contribution in [0.25, 0.3) is 0 Å². The SMILES string of the molecule is CCCCCCCC(Cl)C(Cl)CCCOP(=O)(O)OC(CCO)(CCO)CCCCCCC. The standard InChI is InChI=1S/C24H49Cl2O6P/c1-3-5-7-9-11-14-22(25)23(26)15-13-21-31-33(29,30)32-24(17-19-27,18-20-28)16-12-10-8-6-4-2/h22-23,27-28H,3-21H2,1-2H3,(H,29,30). The topological polar surface area (TPSA) is 96.2 Å². The molecule has 200 valence electrons. The molecule has 0 aromatic carbocycles. The molecule has 0 fully saturated rings. The van der Waals surface area contributed by atoms with Crippen LogP contribution >= 0.6 is 31.0 Å². The van der Waals surface area contributed by atoms with Gasteiger partial charge in [0.15, 0.2) is 0 Å². The molecule has 0 saturated carbocycles. The summed E-state index contributed by atoms with van der Waals surface area (Å²) in [4.78, 5) is 10.3. The molecule has 3 atom stereocenters. The number of phosphoric ester groups is 1. The normalized spacial score (nSPS) is 16.0. The maximum Gasteiger partial charge on any atom is 0.472 e. The third-order valence-corrected chi connectivity index (χ3v) is 8.33. The van der Waals surface area contributed by atoms with Crippen molar-refractivity contribution >= 4 is 31.0 Å². The van der Waals surface area contributed by atoms with E-state index in [1.807, 2.05) is 0 Å². The molecule has 0 saturated heterocycles. The predicted molar refractivity (Wildman–Crippen MR) is 138 cm³/mol. The highest BCUT2D eigenvalue weighted by molar-refractivity contribution is 7.47. The molecule has 0 aliphatic heterocycles. The lowest BCUT2D eigenvalue weighted by Gasteiger charge is -2.34. The van der Waals surface area contributed by atoms with Crippen molar-refractivity contribution in [3.05, 3.63) is 0 Å². The van der Waals surface area contributed by atoms with Crippen molar-refractivity contribution in [1.29, 1.82) is 0 Å². The Morgan fingerprint density at radius 1 is 0.758 bits per heavy atom. The first-order chi connectivity index (χ1) is 15.8. The summed E-state index contributed by atoms with van der Waals surface area (Å²) >= 11 is 12.8. The van der Waals surface area contributed by atoms with Crippen molar-refractivity contribution in [3.8, 4) is 0 Å². The Morgan fingerprint density at radius 3 is 1.76 bits per heavy atom. The largest absolute Gasteiger partial charge is 0.472 e. The third-order valence-electron chi connectivity index (χ3n) is 6.03. The highest BCUT2D eigenvalue weighted by Crippen LogP contribution is 2.50. The van der Waals surface area contributed by atoms with E-state index in [0.717, 1.165) is 51.4 Å². The van der Waals surface area contributed by atoms with Crippen molar-refractivity contribution in [1.82, 2.24) is 0 Å². The van der Waals surface area contributed by atoms with Gasteiger partial charge in [0.05, 0.1) is 17.6 Å². The van der Waals surface area contributed by atoms with E-state index >= 15 is 0 Å². The van der Waals surface area contributed by atoms with Crippen LogP contribution in [0.1, 0.15) is 117 Å². The molecule has 0 heterocycles. The second-order valence-corrected chi connectivity index (χ2v) is 11.6. The summed E-state index contributed by atoms with van der Waals surface area (Å²) in [6.07, 6.45) is 13.8. The number of halogens is 2. The summed E-state index contributed by atoms with van der Waals surface area (Å²) < 4.78 is 23.4. The molecule has 3 unspecified atom stereocenters. The van der Waals surface area contributed by atoms with Gasteiger partial charge in [-0.2, -0.15) is 0 Å². The Bertz CT molecular complexity index is 492. The average molecular weight is 536 g/mol. The van der Waals surface area contributed by atoms with Gasteiger partial charge in [0.2, 0.25) is 0 Å². The first-order valence-electron chi connectivity index (χ1n) is 12.9. The Morgan fingerprint density at radius 2 is 1.24 bits per heavy atom. The van der Waals surface area contributed by atoms with E-state index in [-0.39, 0.29) is 43.4 Å². The fourth-order valence-corrected chi connectivity index (χ4v) is 5.74. The van der Waals surface area contributed by atoms with Gasteiger partial charge in [0.1, 0.15) is 0 Å². The summed E-state index contributed by atoms with van der Waals surface area (Å²) in [6, 6.07) is 0. The Balaban J connectivity index is 4.49. The molecular formula is C24H49Cl2O6P. The Hall–Kier alpha value is 0.610. The van der Waals surface area contributed by atoms with Crippen LogP contribution in [0.4, 0.5) is 0 Å². The zero-order valence-electron chi connectivity index (χ0n) is 20.9. The van der Waals surface area contributed by atoms with Crippen molar-refractivity contribution in [2.24, 2.45) is 0 Å². The van der Waals surface area contributed by atoms with E-state index in [2.05, 4.69) is 13.8 Å². The van der Waals surface area contributed by atoms with E-state index in [4.69, 9.17) is 32.2 Å². The van der Waals surface area contributed by atoms with Crippen LogP contribution in [0.2, 0.25) is 0 Å². The lowest BCUT2D eigenvalue weighted by Crippen LogP contribution is -2.34.